The quantitative estimate of drug-likeness (QED) is 0.278. The van der Waals surface area contributed by atoms with Gasteiger partial charge in [-0.15, -0.1) is 24.0 Å². The smallest absolute Gasteiger partial charge is 0.225 e. The van der Waals surface area contributed by atoms with Gasteiger partial charge in [-0.1, -0.05) is 31.0 Å². The molecule has 1 unspecified atom stereocenters. The zero-order valence-corrected chi connectivity index (χ0v) is 22.1. The molecule has 32 heavy (non-hydrogen) atoms. The number of hydrogen-bond acceptors (Lipinski definition) is 4. The SMILES string of the molecule is CCNC(=NCc1ccccc1OCCN(C)C)NC1CCN(C(=O)C2CCCC2)C1.I. The van der Waals surface area contributed by atoms with Gasteiger partial charge in [0.1, 0.15) is 12.4 Å². The number of likely N-dealkylation sites (N-methyl/N-ethyl adjacent to an activating group) is 1. The molecule has 2 fully saturated rings. The number of aliphatic imine (C=N–C) groups is 1. The van der Waals surface area contributed by atoms with E-state index in [0.29, 0.717) is 19.1 Å². The standard InChI is InChI=1S/C24H39N5O2.HI/c1-4-25-24(26-17-20-11-7-8-12-22(20)31-16-15-28(2)3)27-21-13-14-29(18-21)23(30)19-9-5-6-10-19;/h7-8,11-12,19,21H,4-6,9-10,13-18H2,1-3H3,(H2,25,26,27);1H. The number of nitrogens with one attached hydrogen (secondary N) is 2. The molecule has 3 rings (SSSR count). The number of para-hydroxylation sites is 1. The van der Waals surface area contributed by atoms with Crippen molar-refractivity contribution < 1.29 is 9.53 Å². The third-order valence-corrected chi connectivity index (χ3v) is 6.07. The van der Waals surface area contributed by atoms with Crippen molar-refractivity contribution in [2.75, 3.05) is 46.9 Å². The van der Waals surface area contributed by atoms with Crippen molar-refractivity contribution >= 4 is 35.8 Å². The van der Waals surface area contributed by atoms with Crippen molar-refractivity contribution in [3.8, 4) is 5.75 Å². The zero-order valence-electron chi connectivity index (χ0n) is 19.8. The Morgan fingerprint density at radius 1 is 1.22 bits per heavy atom. The van der Waals surface area contributed by atoms with Crippen molar-refractivity contribution in [2.45, 2.75) is 51.6 Å². The average molecular weight is 558 g/mol. The van der Waals surface area contributed by atoms with Crippen LogP contribution in [0.4, 0.5) is 0 Å². The predicted octanol–water partition coefficient (Wildman–Crippen LogP) is 3.09. The maximum absolute atomic E-state index is 12.7. The summed E-state index contributed by atoms with van der Waals surface area (Å²) in [5.74, 6) is 2.29. The van der Waals surface area contributed by atoms with Crippen molar-refractivity contribution in [1.29, 1.82) is 0 Å². The Morgan fingerprint density at radius 3 is 2.69 bits per heavy atom. The summed E-state index contributed by atoms with van der Waals surface area (Å²) in [4.78, 5) is 21.7. The molecule has 1 aromatic rings. The molecule has 7 nitrogen and oxygen atoms in total. The summed E-state index contributed by atoms with van der Waals surface area (Å²) in [6.07, 6.45) is 5.49. The molecule has 1 amide bonds. The largest absolute Gasteiger partial charge is 0.492 e. The van der Waals surface area contributed by atoms with Crippen LogP contribution in [0.15, 0.2) is 29.3 Å². The van der Waals surface area contributed by atoms with Gasteiger partial charge in [0.25, 0.3) is 0 Å². The second kappa shape index (κ2) is 13.9. The summed E-state index contributed by atoms with van der Waals surface area (Å²) in [5, 5.41) is 6.88. The Labute approximate surface area is 210 Å². The molecule has 1 heterocycles. The van der Waals surface area contributed by atoms with Gasteiger partial charge in [0.2, 0.25) is 5.91 Å². The number of nitrogens with zero attached hydrogens (tertiary/aromatic N) is 3. The maximum atomic E-state index is 12.7. The summed E-state index contributed by atoms with van der Waals surface area (Å²) >= 11 is 0. The number of halogens is 1. The fraction of sp³-hybridized carbons (Fsp3) is 0.667. The highest BCUT2D eigenvalue weighted by Gasteiger charge is 2.32. The highest BCUT2D eigenvalue weighted by Crippen LogP contribution is 2.28. The predicted molar refractivity (Wildman–Crippen MR) is 141 cm³/mol. The van der Waals surface area contributed by atoms with E-state index in [1.165, 1.54) is 12.8 Å². The third-order valence-electron chi connectivity index (χ3n) is 6.07. The van der Waals surface area contributed by atoms with Crippen LogP contribution in [0.5, 0.6) is 5.75 Å². The fourth-order valence-electron chi connectivity index (χ4n) is 4.30. The Morgan fingerprint density at radius 2 is 1.97 bits per heavy atom. The molecule has 0 spiro atoms. The third kappa shape index (κ3) is 8.10. The second-order valence-electron chi connectivity index (χ2n) is 8.85. The van der Waals surface area contributed by atoms with Crippen LogP contribution in [0, 0.1) is 5.92 Å². The monoisotopic (exact) mass is 557 g/mol. The van der Waals surface area contributed by atoms with Crippen molar-refractivity contribution in [3.05, 3.63) is 29.8 Å². The molecule has 1 aromatic carbocycles. The van der Waals surface area contributed by atoms with Gasteiger partial charge < -0.3 is 25.2 Å². The minimum atomic E-state index is 0. The lowest BCUT2D eigenvalue weighted by molar-refractivity contribution is -0.134. The topological polar surface area (TPSA) is 69.2 Å². The molecule has 1 aliphatic heterocycles. The van der Waals surface area contributed by atoms with E-state index in [1.807, 2.05) is 37.2 Å². The summed E-state index contributed by atoms with van der Waals surface area (Å²) in [6.45, 7) is 6.55. The van der Waals surface area contributed by atoms with Gasteiger partial charge in [-0.2, -0.15) is 0 Å². The summed E-state index contributed by atoms with van der Waals surface area (Å²) in [5.41, 5.74) is 1.07. The van der Waals surface area contributed by atoms with Gasteiger partial charge in [0.15, 0.2) is 5.96 Å². The van der Waals surface area contributed by atoms with Gasteiger partial charge in [-0.05, 0) is 46.3 Å². The van der Waals surface area contributed by atoms with Crippen molar-refractivity contribution in [1.82, 2.24) is 20.4 Å². The first-order chi connectivity index (χ1) is 15.1. The first kappa shape index (κ1) is 26.7. The zero-order chi connectivity index (χ0) is 22.1. The Bertz CT molecular complexity index is 737. The van der Waals surface area contributed by atoms with E-state index in [0.717, 1.165) is 62.7 Å². The number of rotatable bonds is 9. The Kier molecular flexibility index (Phi) is 11.6. The van der Waals surface area contributed by atoms with E-state index in [1.54, 1.807) is 0 Å². The molecular weight excluding hydrogens is 517 g/mol. The lowest BCUT2D eigenvalue weighted by atomic mass is 10.1. The summed E-state index contributed by atoms with van der Waals surface area (Å²) in [6, 6.07) is 8.33. The number of benzene rings is 1. The van der Waals surface area contributed by atoms with Crippen LogP contribution in [0.25, 0.3) is 0 Å². The van der Waals surface area contributed by atoms with Crippen LogP contribution in [-0.4, -0.2) is 74.6 Å². The van der Waals surface area contributed by atoms with Crippen molar-refractivity contribution in [3.63, 3.8) is 0 Å². The van der Waals surface area contributed by atoms with Crippen LogP contribution in [-0.2, 0) is 11.3 Å². The number of carbonyl (C=O) groups excluding carboxylic acids is 1. The molecular formula is C24H40IN5O2. The van der Waals surface area contributed by atoms with Crippen LogP contribution >= 0.6 is 24.0 Å². The molecule has 1 aliphatic carbocycles. The molecule has 180 valence electrons. The molecule has 1 atom stereocenters. The molecule has 1 saturated carbocycles. The number of hydrogen-bond donors (Lipinski definition) is 2. The van der Waals surface area contributed by atoms with Crippen LogP contribution in [0.2, 0.25) is 0 Å². The first-order valence-corrected chi connectivity index (χ1v) is 11.8. The van der Waals surface area contributed by atoms with E-state index in [9.17, 15) is 4.79 Å². The normalized spacial score (nSPS) is 19.2. The molecule has 0 bridgehead atoms. The lowest BCUT2D eigenvalue weighted by Gasteiger charge is -2.21. The van der Waals surface area contributed by atoms with E-state index in [-0.39, 0.29) is 35.9 Å². The number of ether oxygens (including phenoxy) is 1. The Hall–Kier alpha value is -1.55. The van der Waals surface area contributed by atoms with E-state index in [2.05, 4.69) is 28.5 Å². The average Bonchev–Trinajstić information content (AvgIpc) is 3.45. The number of amides is 1. The van der Waals surface area contributed by atoms with E-state index in [4.69, 9.17) is 9.73 Å². The minimum absolute atomic E-state index is 0. The number of guanidine groups is 1. The summed E-state index contributed by atoms with van der Waals surface area (Å²) < 4.78 is 5.97. The van der Waals surface area contributed by atoms with Crippen LogP contribution < -0.4 is 15.4 Å². The van der Waals surface area contributed by atoms with Gasteiger partial charge in [0, 0.05) is 43.7 Å². The minimum Gasteiger partial charge on any atom is -0.492 e. The van der Waals surface area contributed by atoms with Gasteiger partial charge in [-0.25, -0.2) is 4.99 Å². The molecule has 2 N–H and O–H groups in total. The highest BCUT2D eigenvalue weighted by molar-refractivity contribution is 14.0. The van der Waals surface area contributed by atoms with Gasteiger partial charge in [0.05, 0.1) is 6.54 Å². The molecule has 8 heteroatoms. The second-order valence-corrected chi connectivity index (χ2v) is 8.85. The lowest BCUT2D eigenvalue weighted by Crippen LogP contribution is -2.45. The van der Waals surface area contributed by atoms with Crippen LogP contribution in [0.1, 0.15) is 44.6 Å². The first-order valence-electron chi connectivity index (χ1n) is 11.8. The summed E-state index contributed by atoms with van der Waals surface area (Å²) in [7, 11) is 4.08. The molecule has 2 aliphatic rings. The number of likely N-dealkylation sites (tertiary alicyclic amines) is 1. The maximum Gasteiger partial charge on any atom is 0.225 e. The Balaban J connectivity index is 0.00000363. The number of carbonyl (C=O) groups is 1. The van der Waals surface area contributed by atoms with Crippen molar-refractivity contribution in [2.24, 2.45) is 10.9 Å². The van der Waals surface area contributed by atoms with Gasteiger partial charge in [-0.3, -0.25) is 4.79 Å². The van der Waals surface area contributed by atoms with E-state index < -0.39 is 0 Å². The van der Waals surface area contributed by atoms with E-state index >= 15 is 0 Å². The highest BCUT2D eigenvalue weighted by atomic mass is 127. The molecule has 1 saturated heterocycles. The van der Waals surface area contributed by atoms with Crippen LogP contribution in [0.3, 0.4) is 0 Å². The fourth-order valence-corrected chi connectivity index (χ4v) is 4.30. The molecule has 0 radical (unpaired) electrons. The van der Waals surface area contributed by atoms with Gasteiger partial charge >= 0.3 is 0 Å². The molecule has 0 aromatic heterocycles.